The number of benzene rings is 1. The normalized spacial score (nSPS) is 20.6. The molecule has 0 radical (unpaired) electrons. The summed E-state index contributed by atoms with van der Waals surface area (Å²) in [5.41, 5.74) is 2.71. The lowest BCUT2D eigenvalue weighted by Crippen LogP contribution is -2.38. The van der Waals surface area contributed by atoms with Crippen molar-refractivity contribution < 1.29 is 4.79 Å². The van der Waals surface area contributed by atoms with Crippen molar-refractivity contribution in [1.82, 2.24) is 10.2 Å². The Morgan fingerprint density at radius 3 is 2.73 bits per heavy atom. The zero-order chi connectivity index (χ0) is 14.7. The third-order valence-corrected chi connectivity index (χ3v) is 4.90. The maximum atomic E-state index is 11.3. The Morgan fingerprint density at radius 2 is 2.00 bits per heavy atom. The van der Waals surface area contributed by atoms with Crippen LogP contribution in [0.2, 0.25) is 0 Å². The number of carbonyl (C=O) groups is 1. The van der Waals surface area contributed by atoms with E-state index in [0.29, 0.717) is 5.41 Å². The lowest BCUT2D eigenvalue weighted by Gasteiger charge is -2.34. The molecular formula is C17H26ClN3O. The molecule has 1 aromatic rings. The van der Waals surface area contributed by atoms with Gasteiger partial charge in [0.2, 0.25) is 5.91 Å². The van der Waals surface area contributed by atoms with E-state index in [0.717, 1.165) is 25.3 Å². The molecule has 1 amide bonds. The van der Waals surface area contributed by atoms with E-state index in [4.69, 9.17) is 0 Å². The van der Waals surface area contributed by atoms with Crippen LogP contribution >= 0.6 is 12.4 Å². The summed E-state index contributed by atoms with van der Waals surface area (Å²) in [7, 11) is 0. The van der Waals surface area contributed by atoms with Crippen LogP contribution in [0.25, 0.3) is 0 Å². The van der Waals surface area contributed by atoms with Gasteiger partial charge in [0.25, 0.3) is 0 Å². The summed E-state index contributed by atoms with van der Waals surface area (Å²) in [6.07, 6.45) is 3.92. The van der Waals surface area contributed by atoms with Crippen molar-refractivity contribution in [3.8, 4) is 0 Å². The zero-order valence-corrected chi connectivity index (χ0v) is 14.0. The first-order valence-corrected chi connectivity index (χ1v) is 7.96. The molecule has 5 heteroatoms. The number of nitrogens with one attached hydrogen (secondary N) is 2. The quantitative estimate of drug-likeness (QED) is 0.899. The summed E-state index contributed by atoms with van der Waals surface area (Å²) >= 11 is 0. The Morgan fingerprint density at radius 1 is 1.27 bits per heavy atom. The number of anilines is 1. The third-order valence-electron chi connectivity index (χ3n) is 4.90. The van der Waals surface area contributed by atoms with E-state index in [9.17, 15) is 4.79 Å². The molecular weight excluding hydrogens is 298 g/mol. The van der Waals surface area contributed by atoms with Gasteiger partial charge in [-0.3, -0.25) is 9.69 Å². The summed E-state index contributed by atoms with van der Waals surface area (Å²) < 4.78 is 0. The van der Waals surface area contributed by atoms with Crippen molar-refractivity contribution in [3.05, 3.63) is 29.8 Å². The third kappa shape index (κ3) is 4.00. The maximum absolute atomic E-state index is 11.3. The fourth-order valence-corrected chi connectivity index (χ4v) is 3.74. The van der Waals surface area contributed by atoms with Crippen molar-refractivity contribution >= 4 is 24.0 Å². The Bertz CT molecular complexity index is 514. The number of carbonyl (C=O) groups excluding carboxylic acids is 1. The van der Waals surface area contributed by atoms with Gasteiger partial charge in [-0.25, -0.2) is 0 Å². The highest BCUT2D eigenvalue weighted by molar-refractivity contribution is 5.89. The molecule has 4 nitrogen and oxygen atoms in total. The average Bonchev–Trinajstić information content (AvgIpc) is 2.84. The van der Waals surface area contributed by atoms with E-state index in [1.165, 1.54) is 37.9 Å². The van der Waals surface area contributed by atoms with Gasteiger partial charge in [-0.05, 0) is 55.9 Å². The molecule has 0 bridgehead atoms. The van der Waals surface area contributed by atoms with Gasteiger partial charge in [-0.2, -0.15) is 0 Å². The second-order valence-corrected chi connectivity index (χ2v) is 6.55. The Labute approximate surface area is 139 Å². The van der Waals surface area contributed by atoms with Crippen LogP contribution in [0, 0.1) is 5.41 Å². The number of likely N-dealkylation sites (tertiary alicyclic amines) is 1. The first-order valence-electron chi connectivity index (χ1n) is 7.96. The summed E-state index contributed by atoms with van der Waals surface area (Å²) in [6.45, 7) is 7.20. The summed E-state index contributed by atoms with van der Waals surface area (Å²) in [6, 6.07) is 8.15. The van der Waals surface area contributed by atoms with Gasteiger partial charge in [-0.1, -0.05) is 18.2 Å². The Balaban J connectivity index is 0.00000176. The van der Waals surface area contributed by atoms with Gasteiger partial charge in [0.1, 0.15) is 0 Å². The highest BCUT2D eigenvalue weighted by Gasteiger charge is 2.38. The molecule has 2 N–H and O–H groups in total. The number of piperidine rings is 1. The molecule has 22 heavy (non-hydrogen) atoms. The van der Waals surface area contributed by atoms with Crippen molar-refractivity contribution in [2.75, 3.05) is 31.5 Å². The second-order valence-electron chi connectivity index (χ2n) is 6.55. The predicted octanol–water partition coefficient (Wildman–Crippen LogP) is 2.64. The van der Waals surface area contributed by atoms with Crippen LogP contribution in [0.1, 0.15) is 31.7 Å². The van der Waals surface area contributed by atoms with Gasteiger partial charge in [-0.15, -0.1) is 12.4 Å². The molecule has 2 fully saturated rings. The minimum absolute atomic E-state index is 0. The number of hydrogen-bond acceptors (Lipinski definition) is 3. The highest BCUT2D eigenvalue weighted by atomic mass is 35.5. The van der Waals surface area contributed by atoms with Gasteiger partial charge >= 0.3 is 0 Å². The fourth-order valence-electron chi connectivity index (χ4n) is 3.74. The average molecular weight is 324 g/mol. The molecule has 0 aliphatic carbocycles. The van der Waals surface area contributed by atoms with E-state index in [2.05, 4.69) is 27.7 Å². The van der Waals surface area contributed by atoms with Crippen molar-refractivity contribution in [2.24, 2.45) is 5.41 Å². The van der Waals surface area contributed by atoms with Crippen LogP contribution in [-0.4, -0.2) is 37.0 Å². The maximum Gasteiger partial charge on any atom is 0.221 e. The van der Waals surface area contributed by atoms with Crippen molar-refractivity contribution in [3.63, 3.8) is 0 Å². The molecule has 2 saturated heterocycles. The minimum atomic E-state index is -0.00121. The van der Waals surface area contributed by atoms with Crippen LogP contribution < -0.4 is 10.6 Å². The molecule has 1 aromatic carbocycles. The van der Waals surface area contributed by atoms with E-state index in [1.807, 2.05) is 12.1 Å². The van der Waals surface area contributed by atoms with E-state index >= 15 is 0 Å². The standard InChI is InChI=1S/C17H25N3O.ClH/c1-14(21)19-16-5-3-2-4-15(16)12-20-11-8-17(13-20)6-9-18-10-7-17;/h2-5,18H,6-13H2,1H3,(H,19,21);1H. The van der Waals surface area contributed by atoms with E-state index < -0.39 is 0 Å². The van der Waals surface area contributed by atoms with Gasteiger partial charge in [0.05, 0.1) is 0 Å². The molecule has 0 unspecified atom stereocenters. The highest BCUT2D eigenvalue weighted by Crippen LogP contribution is 2.39. The van der Waals surface area contributed by atoms with Crippen molar-refractivity contribution in [1.29, 1.82) is 0 Å². The molecule has 2 heterocycles. The number of amides is 1. The van der Waals surface area contributed by atoms with Crippen LogP contribution in [0.4, 0.5) is 5.69 Å². The molecule has 0 atom stereocenters. The lowest BCUT2D eigenvalue weighted by atomic mass is 9.78. The van der Waals surface area contributed by atoms with E-state index in [1.54, 1.807) is 6.92 Å². The number of halogens is 1. The Kier molecular flexibility index (Phi) is 5.84. The van der Waals surface area contributed by atoms with Gasteiger partial charge in [0.15, 0.2) is 0 Å². The van der Waals surface area contributed by atoms with E-state index in [-0.39, 0.29) is 18.3 Å². The molecule has 1 spiro atoms. The smallest absolute Gasteiger partial charge is 0.221 e. The van der Waals surface area contributed by atoms with Crippen LogP contribution in [-0.2, 0) is 11.3 Å². The SMILES string of the molecule is CC(=O)Nc1ccccc1CN1CCC2(CCNCC2)C1.Cl. The first-order chi connectivity index (χ1) is 10.2. The summed E-state index contributed by atoms with van der Waals surface area (Å²) in [4.78, 5) is 13.9. The Hall–Kier alpha value is -1.10. The number of hydrogen-bond donors (Lipinski definition) is 2. The van der Waals surface area contributed by atoms with Crippen LogP contribution in [0.15, 0.2) is 24.3 Å². The number of rotatable bonds is 3. The van der Waals surface area contributed by atoms with Crippen LogP contribution in [0.5, 0.6) is 0 Å². The molecule has 0 aromatic heterocycles. The number of para-hydroxylation sites is 1. The van der Waals surface area contributed by atoms with Gasteiger partial charge < -0.3 is 10.6 Å². The zero-order valence-electron chi connectivity index (χ0n) is 13.2. The van der Waals surface area contributed by atoms with Crippen LogP contribution in [0.3, 0.4) is 0 Å². The van der Waals surface area contributed by atoms with Crippen molar-refractivity contribution in [2.45, 2.75) is 32.7 Å². The first kappa shape index (κ1) is 17.3. The fraction of sp³-hybridized carbons (Fsp3) is 0.588. The second kappa shape index (κ2) is 7.44. The summed E-state index contributed by atoms with van der Waals surface area (Å²) in [5, 5.41) is 6.41. The largest absolute Gasteiger partial charge is 0.326 e. The molecule has 0 saturated carbocycles. The molecule has 3 rings (SSSR count). The number of nitrogens with zero attached hydrogens (tertiary/aromatic N) is 1. The minimum Gasteiger partial charge on any atom is -0.326 e. The molecule has 2 aliphatic rings. The predicted molar refractivity (Wildman–Crippen MR) is 92.4 cm³/mol. The monoisotopic (exact) mass is 323 g/mol. The topological polar surface area (TPSA) is 44.4 Å². The lowest BCUT2D eigenvalue weighted by molar-refractivity contribution is -0.114. The molecule has 122 valence electrons. The summed E-state index contributed by atoms with van der Waals surface area (Å²) in [5.74, 6) is -0.00121. The van der Waals surface area contributed by atoms with Gasteiger partial charge in [0, 0.05) is 25.7 Å². The molecule has 2 aliphatic heterocycles.